The van der Waals surface area contributed by atoms with Crippen LogP contribution >= 0.6 is 0 Å². The number of aliphatic hydroxyl groups is 1. The van der Waals surface area contributed by atoms with E-state index in [2.05, 4.69) is 5.32 Å². The molecule has 2 rings (SSSR count). The molecule has 0 fully saturated rings. The number of aliphatic carboxylic acids is 1. The van der Waals surface area contributed by atoms with E-state index in [0.29, 0.717) is 5.75 Å². The van der Waals surface area contributed by atoms with E-state index in [-0.39, 0.29) is 6.61 Å². The van der Waals surface area contributed by atoms with Crippen LogP contribution < -0.4 is 10.1 Å². The maximum Gasteiger partial charge on any atom is 0.336 e. The summed E-state index contributed by atoms with van der Waals surface area (Å²) in [6.45, 7) is 1.42. The van der Waals surface area contributed by atoms with E-state index in [9.17, 15) is 4.79 Å². The van der Waals surface area contributed by atoms with Crippen LogP contribution in [0.3, 0.4) is 0 Å². The van der Waals surface area contributed by atoms with Crippen molar-refractivity contribution in [2.24, 2.45) is 0 Å². The Morgan fingerprint density at radius 2 is 2.19 bits per heavy atom. The van der Waals surface area contributed by atoms with Gasteiger partial charge in [0.25, 0.3) is 0 Å². The summed E-state index contributed by atoms with van der Waals surface area (Å²) in [6, 6.07) is 5.59. The smallest absolute Gasteiger partial charge is 0.336 e. The van der Waals surface area contributed by atoms with Gasteiger partial charge < -0.3 is 20.3 Å². The van der Waals surface area contributed by atoms with E-state index in [1.54, 1.807) is 6.07 Å². The largest absolute Gasteiger partial charge is 0.490 e. The number of hydrogen-bond acceptors (Lipinski definition) is 4. The van der Waals surface area contributed by atoms with Gasteiger partial charge in [-0.2, -0.15) is 0 Å². The van der Waals surface area contributed by atoms with Crippen LogP contribution in [0.15, 0.2) is 18.2 Å². The first-order valence-corrected chi connectivity index (χ1v) is 5.03. The van der Waals surface area contributed by atoms with Crippen LogP contribution in [0.4, 0.5) is 0 Å². The molecule has 0 unspecified atom stereocenters. The van der Waals surface area contributed by atoms with E-state index in [0.717, 1.165) is 18.7 Å². The molecule has 5 heteroatoms. The number of rotatable bonds is 4. The molecule has 1 atom stereocenters. The molecule has 1 aliphatic rings. The second-order valence-corrected chi connectivity index (χ2v) is 3.70. The molecule has 3 N–H and O–H groups in total. The lowest BCUT2D eigenvalue weighted by molar-refractivity contribution is -0.148. The molecule has 16 heavy (non-hydrogen) atoms. The molecule has 0 saturated heterocycles. The van der Waals surface area contributed by atoms with Gasteiger partial charge in [-0.15, -0.1) is 0 Å². The first kappa shape index (κ1) is 10.9. The van der Waals surface area contributed by atoms with Crippen molar-refractivity contribution in [3.63, 3.8) is 0 Å². The summed E-state index contributed by atoms with van der Waals surface area (Å²) in [5, 5.41) is 20.7. The molecule has 86 valence electrons. The summed E-state index contributed by atoms with van der Waals surface area (Å²) in [5.41, 5.74) is 2.38. The van der Waals surface area contributed by atoms with Crippen LogP contribution in [0.25, 0.3) is 0 Å². The minimum Gasteiger partial charge on any atom is -0.490 e. The van der Waals surface area contributed by atoms with E-state index in [4.69, 9.17) is 14.9 Å². The number of carboxylic acids is 1. The van der Waals surface area contributed by atoms with Crippen LogP contribution in [0.2, 0.25) is 0 Å². The van der Waals surface area contributed by atoms with E-state index < -0.39 is 12.1 Å². The van der Waals surface area contributed by atoms with Crippen LogP contribution in [-0.4, -0.2) is 28.9 Å². The average Bonchev–Trinajstić information content (AvgIpc) is 2.72. The summed E-state index contributed by atoms with van der Waals surface area (Å²) < 4.78 is 5.20. The highest BCUT2D eigenvalue weighted by Gasteiger charge is 2.15. The van der Waals surface area contributed by atoms with Crippen LogP contribution in [0.1, 0.15) is 11.1 Å². The number of ether oxygens (including phenoxy) is 1. The van der Waals surface area contributed by atoms with Gasteiger partial charge in [0.15, 0.2) is 6.10 Å². The lowest BCUT2D eigenvalue weighted by atomic mass is 10.1. The molecule has 0 spiro atoms. The fraction of sp³-hybridized carbons (Fsp3) is 0.364. The Morgan fingerprint density at radius 3 is 2.94 bits per heavy atom. The third kappa shape index (κ3) is 2.32. The first-order valence-electron chi connectivity index (χ1n) is 5.03. The zero-order chi connectivity index (χ0) is 11.5. The maximum absolute atomic E-state index is 10.4. The lowest BCUT2D eigenvalue weighted by Crippen LogP contribution is -2.26. The zero-order valence-corrected chi connectivity index (χ0v) is 8.64. The molecule has 0 bridgehead atoms. The summed E-state index contributed by atoms with van der Waals surface area (Å²) in [6.07, 6.45) is -1.48. The van der Waals surface area contributed by atoms with Crippen molar-refractivity contribution in [2.75, 3.05) is 6.61 Å². The summed E-state index contributed by atoms with van der Waals surface area (Å²) in [5.74, 6) is -0.689. The molecule has 0 amide bonds. The molecule has 0 aromatic heterocycles. The Bertz CT molecular complexity index is 405. The third-order valence-electron chi connectivity index (χ3n) is 2.50. The van der Waals surface area contributed by atoms with Gasteiger partial charge in [0.1, 0.15) is 12.4 Å². The fourth-order valence-electron chi connectivity index (χ4n) is 1.61. The molecule has 1 aromatic rings. The summed E-state index contributed by atoms with van der Waals surface area (Å²) in [4.78, 5) is 10.4. The molecular weight excluding hydrogens is 210 g/mol. The Morgan fingerprint density at radius 1 is 1.44 bits per heavy atom. The van der Waals surface area contributed by atoms with Crippen molar-refractivity contribution in [1.82, 2.24) is 5.32 Å². The minimum atomic E-state index is -1.48. The number of nitrogens with one attached hydrogen (secondary N) is 1. The van der Waals surface area contributed by atoms with E-state index in [1.165, 1.54) is 5.56 Å². The van der Waals surface area contributed by atoms with Crippen LogP contribution in [0, 0.1) is 0 Å². The van der Waals surface area contributed by atoms with E-state index >= 15 is 0 Å². The number of aliphatic hydroxyl groups excluding tert-OH is 1. The van der Waals surface area contributed by atoms with Gasteiger partial charge in [-0.05, 0) is 23.3 Å². The summed E-state index contributed by atoms with van der Waals surface area (Å²) >= 11 is 0. The molecule has 0 radical (unpaired) electrons. The molecule has 1 heterocycles. The topological polar surface area (TPSA) is 78.8 Å². The molecular formula is C11H13NO4. The summed E-state index contributed by atoms with van der Waals surface area (Å²) in [7, 11) is 0. The van der Waals surface area contributed by atoms with Crippen LogP contribution in [0.5, 0.6) is 5.75 Å². The quantitative estimate of drug-likeness (QED) is 0.675. The fourth-order valence-corrected chi connectivity index (χ4v) is 1.61. The Balaban J connectivity index is 1.98. The Labute approximate surface area is 92.7 Å². The Hall–Kier alpha value is -1.59. The first-order chi connectivity index (χ1) is 7.66. The molecule has 1 aliphatic heterocycles. The normalized spacial score (nSPS) is 15.6. The standard InChI is InChI=1S/C11H13NO4/c13-10(11(14)15)6-16-9-2-1-7-4-12-5-8(7)3-9/h1-3,10,12-13H,4-6H2,(H,14,15)/t10-/m1/s1. The number of fused-ring (bicyclic) bond motifs is 1. The van der Waals surface area contributed by atoms with Gasteiger partial charge in [0.05, 0.1) is 0 Å². The number of hydrogen-bond donors (Lipinski definition) is 3. The SMILES string of the molecule is O=C(O)[C@H](O)COc1ccc2c(c1)CNC2. The Kier molecular flexibility index (Phi) is 3.07. The monoisotopic (exact) mass is 223 g/mol. The molecule has 1 aromatic carbocycles. The van der Waals surface area contributed by atoms with Crippen molar-refractivity contribution in [2.45, 2.75) is 19.2 Å². The minimum absolute atomic E-state index is 0.235. The van der Waals surface area contributed by atoms with Crippen LogP contribution in [-0.2, 0) is 17.9 Å². The predicted molar refractivity (Wildman–Crippen MR) is 56.1 cm³/mol. The number of benzene rings is 1. The molecule has 0 aliphatic carbocycles. The highest BCUT2D eigenvalue weighted by Crippen LogP contribution is 2.21. The molecule has 5 nitrogen and oxygen atoms in total. The van der Waals surface area contributed by atoms with Gasteiger partial charge in [-0.25, -0.2) is 4.79 Å². The predicted octanol–water partition coefficient (Wildman–Crippen LogP) is 0.114. The third-order valence-corrected chi connectivity index (χ3v) is 2.50. The molecule has 0 saturated carbocycles. The van der Waals surface area contributed by atoms with Gasteiger partial charge in [0, 0.05) is 13.1 Å². The van der Waals surface area contributed by atoms with Gasteiger partial charge in [-0.3, -0.25) is 0 Å². The van der Waals surface area contributed by atoms with Crippen molar-refractivity contribution >= 4 is 5.97 Å². The van der Waals surface area contributed by atoms with Gasteiger partial charge in [-0.1, -0.05) is 6.07 Å². The maximum atomic E-state index is 10.4. The van der Waals surface area contributed by atoms with Crippen molar-refractivity contribution in [3.8, 4) is 5.75 Å². The van der Waals surface area contributed by atoms with E-state index in [1.807, 2.05) is 12.1 Å². The average molecular weight is 223 g/mol. The zero-order valence-electron chi connectivity index (χ0n) is 8.64. The second-order valence-electron chi connectivity index (χ2n) is 3.70. The van der Waals surface area contributed by atoms with Gasteiger partial charge >= 0.3 is 5.97 Å². The highest BCUT2D eigenvalue weighted by molar-refractivity contribution is 5.72. The van der Waals surface area contributed by atoms with Crippen molar-refractivity contribution in [3.05, 3.63) is 29.3 Å². The van der Waals surface area contributed by atoms with Gasteiger partial charge in [0.2, 0.25) is 0 Å². The second kappa shape index (κ2) is 4.51. The highest BCUT2D eigenvalue weighted by atomic mass is 16.5. The van der Waals surface area contributed by atoms with Crippen molar-refractivity contribution < 1.29 is 19.7 Å². The number of carbonyl (C=O) groups is 1. The van der Waals surface area contributed by atoms with Crippen molar-refractivity contribution in [1.29, 1.82) is 0 Å². The number of carboxylic acid groups (broad SMARTS) is 1. The lowest BCUT2D eigenvalue weighted by Gasteiger charge is -2.09.